The molecule has 2 N–H and O–H groups in total. The lowest BCUT2D eigenvalue weighted by Crippen LogP contribution is -2.45. The van der Waals surface area contributed by atoms with Crippen LogP contribution in [-0.2, 0) is 14.4 Å². The van der Waals surface area contributed by atoms with Crippen LogP contribution in [0.25, 0.3) is 5.69 Å². The monoisotopic (exact) mass is 402 g/mol. The highest BCUT2D eigenvalue weighted by molar-refractivity contribution is 5.94. The average Bonchev–Trinajstić information content (AvgIpc) is 2.70. The van der Waals surface area contributed by atoms with Gasteiger partial charge in [0.1, 0.15) is 12.7 Å². The topological polar surface area (TPSA) is 105 Å². The summed E-state index contributed by atoms with van der Waals surface area (Å²) in [6.07, 6.45) is 1.12. The van der Waals surface area contributed by atoms with Gasteiger partial charge in [0, 0.05) is 17.4 Å². The number of Topliss-reactive ketones (excluding diaryl/α,β-unsaturated/α-hetero) is 1. The molecule has 0 aliphatic heterocycles. The number of carboxylic acid groups (broad SMARTS) is 1. The van der Waals surface area contributed by atoms with Crippen LogP contribution in [0.15, 0.2) is 47.4 Å². The zero-order chi connectivity index (χ0) is 21.6. The second-order valence-corrected chi connectivity index (χ2v) is 6.64. The maximum Gasteiger partial charge on any atom is 0.305 e. The Bertz CT molecular complexity index is 955. The molecular weight excluding hydrogens is 379 g/mol. The molecule has 2 atom stereocenters. The van der Waals surface area contributed by atoms with Gasteiger partial charge in [-0.3, -0.25) is 23.7 Å². The average molecular weight is 402 g/mol. The molecule has 0 aliphatic rings. The number of halogens is 1. The van der Waals surface area contributed by atoms with Crippen molar-refractivity contribution in [1.29, 1.82) is 0 Å². The molecule has 1 amide bonds. The van der Waals surface area contributed by atoms with Crippen molar-refractivity contribution >= 4 is 17.7 Å². The van der Waals surface area contributed by atoms with Crippen LogP contribution in [-0.4, -0.2) is 40.0 Å². The molecule has 2 aromatic rings. The van der Waals surface area contributed by atoms with E-state index in [-0.39, 0.29) is 17.5 Å². The number of benzene rings is 1. The summed E-state index contributed by atoms with van der Waals surface area (Å²) in [6, 6.07) is 9.11. The highest BCUT2D eigenvalue weighted by Crippen LogP contribution is 2.21. The third kappa shape index (κ3) is 5.16. The first-order chi connectivity index (χ1) is 13.8. The van der Waals surface area contributed by atoms with E-state index in [0.717, 1.165) is 0 Å². The number of carbonyl (C=O) groups is 3. The molecule has 7 nitrogen and oxygen atoms in total. The molecule has 0 fully saturated rings. The van der Waals surface area contributed by atoms with Crippen LogP contribution in [0.3, 0.4) is 0 Å². The fourth-order valence-corrected chi connectivity index (χ4v) is 3.16. The maximum absolute atomic E-state index is 13.1. The molecule has 0 radical (unpaired) electrons. The predicted molar refractivity (Wildman–Crippen MR) is 105 cm³/mol. The molecule has 0 bridgehead atoms. The first-order valence-corrected chi connectivity index (χ1v) is 9.18. The van der Waals surface area contributed by atoms with E-state index in [1.54, 1.807) is 50.4 Å². The summed E-state index contributed by atoms with van der Waals surface area (Å²) in [7, 11) is 0. The van der Waals surface area contributed by atoms with E-state index in [1.165, 1.54) is 4.57 Å². The standard InChI is InChI=1S/C21H23FN2O5/c1-3-15(20(28)23-16(11-18(26)27)17(25)12-22)19-13(2)9-10-24(21(19)29)14-7-5-4-6-8-14/h4-10,15-16H,3,11-12H2,1-2H3,(H,23,28)(H,26,27). The summed E-state index contributed by atoms with van der Waals surface area (Å²) in [5.74, 6) is -3.97. The Morgan fingerprint density at radius 2 is 1.83 bits per heavy atom. The number of hydrogen-bond donors (Lipinski definition) is 2. The number of rotatable bonds is 9. The number of ketones is 1. The van der Waals surface area contributed by atoms with Gasteiger partial charge in [-0.25, -0.2) is 4.39 Å². The number of nitrogens with one attached hydrogen (secondary N) is 1. The van der Waals surface area contributed by atoms with Crippen LogP contribution in [0.4, 0.5) is 4.39 Å². The van der Waals surface area contributed by atoms with Gasteiger partial charge in [-0.05, 0) is 37.1 Å². The van der Waals surface area contributed by atoms with Gasteiger partial charge in [0.25, 0.3) is 5.56 Å². The molecule has 1 aromatic carbocycles. The molecule has 154 valence electrons. The number of aryl methyl sites for hydroxylation is 1. The Hall–Kier alpha value is -3.29. The van der Waals surface area contributed by atoms with Crippen molar-refractivity contribution < 1.29 is 23.9 Å². The first-order valence-electron chi connectivity index (χ1n) is 9.18. The summed E-state index contributed by atoms with van der Waals surface area (Å²) in [6.45, 7) is 2.01. The summed E-state index contributed by atoms with van der Waals surface area (Å²) < 4.78 is 14.2. The van der Waals surface area contributed by atoms with Gasteiger partial charge < -0.3 is 10.4 Å². The van der Waals surface area contributed by atoms with E-state index in [1.807, 2.05) is 6.07 Å². The number of pyridine rings is 1. The van der Waals surface area contributed by atoms with Crippen LogP contribution in [0.2, 0.25) is 0 Å². The Kier molecular flexibility index (Phi) is 7.41. The van der Waals surface area contributed by atoms with E-state index in [9.17, 15) is 23.6 Å². The minimum Gasteiger partial charge on any atom is -0.481 e. The zero-order valence-corrected chi connectivity index (χ0v) is 16.2. The number of nitrogens with zero attached hydrogens (tertiary/aromatic N) is 1. The van der Waals surface area contributed by atoms with Crippen molar-refractivity contribution in [2.24, 2.45) is 0 Å². The van der Waals surface area contributed by atoms with Crippen LogP contribution >= 0.6 is 0 Å². The lowest BCUT2D eigenvalue weighted by Gasteiger charge is -2.21. The third-order valence-corrected chi connectivity index (χ3v) is 4.67. The Labute approximate surface area is 167 Å². The van der Waals surface area contributed by atoms with Gasteiger partial charge in [-0.1, -0.05) is 25.1 Å². The second kappa shape index (κ2) is 9.77. The van der Waals surface area contributed by atoms with E-state index in [2.05, 4.69) is 5.32 Å². The number of carboxylic acids is 1. The van der Waals surface area contributed by atoms with E-state index in [4.69, 9.17) is 5.11 Å². The maximum atomic E-state index is 13.1. The van der Waals surface area contributed by atoms with Gasteiger partial charge in [0.2, 0.25) is 5.91 Å². The summed E-state index contributed by atoms with van der Waals surface area (Å²) in [5, 5.41) is 11.2. The lowest BCUT2D eigenvalue weighted by atomic mass is 9.92. The van der Waals surface area contributed by atoms with Crippen molar-refractivity contribution in [3.8, 4) is 5.69 Å². The fourth-order valence-electron chi connectivity index (χ4n) is 3.16. The highest BCUT2D eigenvalue weighted by atomic mass is 19.1. The van der Waals surface area contributed by atoms with Crippen molar-refractivity contribution in [1.82, 2.24) is 9.88 Å². The van der Waals surface area contributed by atoms with Gasteiger partial charge >= 0.3 is 5.97 Å². The number of carbonyl (C=O) groups excluding carboxylic acids is 2. The third-order valence-electron chi connectivity index (χ3n) is 4.67. The smallest absolute Gasteiger partial charge is 0.305 e. The van der Waals surface area contributed by atoms with Gasteiger partial charge in [-0.2, -0.15) is 0 Å². The van der Waals surface area contributed by atoms with Crippen molar-refractivity contribution in [3.63, 3.8) is 0 Å². The van der Waals surface area contributed by atoms with E-state index < -0.39 is 42.7 Å². The van der Waals surface area contributed by atoms with Gasteiger partial charge in [0.05, 0.1) is 12.3 Å². The Morgan fingerprint density at radius 3 is 2.38 bits per heavy atom. The molecule has 1 aromatic heterocycles. The quantitative estimate of drug-likeness (QED) is 0.669. The number of aliphatic carboxylic acids is 1. The van der Waals surface area contributed by atoms with Crippen LogP contribution in [0, 0.1) is 6.92 Å². The molecule has 0 aliphatic carbocycles. The van der Waals surface area contributed by atoms with Crippen molar-refractivity contribution in [2.45, 2.75) is 38.6 Å². The molecule has 1 heterocycles. The number of hydrogen-bond acceptors (Lipinski definition) is 4. The second-order valence-electron chi connectivity index (χ2n) is 6.64. The Balaban J connectivity index is 2.42. The van der Waals surface area contributed by atoms with Crippen molar-refractivity contribution in [3.05, 3.63) is 64.1 Å². The molecule has 2 rings (SSSR count). The zero-order valence-electron chi connectivity index (χ0n) is 16.2. The van der Waals surface area contributed by atoms with Crippen molar-refractivity contribution in [2.75, 3.05) is 6.67 Å². The summed E-state index contributed by atoms with van der Waals surface area (Å²) in [4.78, 5) is 48.6. The lowest BCUT2D eigenvalue weighted by molar-refractivity contribution is -0.140. The summed E-state index contributed by atoms with van der Waals surface area (Å²) in [5.41, 5.74) is 1.09. The first kappa shape index (κ1) is 22.0. The number of alkyl halides is 1. The van der Waals surface area contributed by atoms with E-state index in [0.29, 0.717) is 11.3 Å². The van der Waals surface area contributed by atoms with Crippen LogP contribution in [0.1, 0.15) is 36.8 Å². The van der Waals surface area contributed by atoms with Crippen LogP contribution < -0.4 is 10.9 Å². The largest absolute Gasteiger partial charge is 0.481 e. The fraction of sp³-hybridized carbons (Fsp3) is 0.333. The minimum absolute atomic E-state index is 0.240. The molecule has 0 spiro atoms. The number of amides is 1. The molecule has 8 heteroatoms. The minimum atomic E-state index is -1.49. The van der Waals surface area contributed by atoms with Gasteiger partial charge in [0.15, 0.2) is 5.78 Å². The van der Waals surface area contributed by atoms with E-state index >= 15 is 0 Å². The molecular formula is C21H23FN2O5. The predicted octanol–water partition coefficient (Wildman–Crippen LogP) is 2.14. The molecule has 29 heavy (non-hydrogen) atoms. The van der Waals surface area contributed by atoms with Gasteiger partial charge in [-0.15, -0.1) is 0 Å². The summed E-state index contributed by atoms with van der Waals surface area (Å²) >= 11 is 0. The molecule has 0 saturated carbocycles. The Morgan fingerprint density at radius 1 is 1.17 bits per heavy atom. The molecule has 0 saturated heterocycles. The normalized spacial score (nSPS) is 12.8. The molecule has 2 unspecified atom stereocenters. The highest BCUT2D eigenvalue weighted by Gasteiger charge is 2.29. The van der Waals surface area contributed by atoms with Crippen LogP contribution in [0.5, 0.6) is 0 Å². The SMILES string of the molecule is CCC(C(=O)NC(CC(=O)O)C(=O)CF)c1c(C)ccn(-c2ccccc2)c1=O. The number of para-hydroxylation sites is 1. The number of aromatic nitrogens is 1.